The van der Waals surface area contributed by atoms with Crippen molar-refractivity contribution in [1.29, 1.82) is 0 Å². The van der Waals surface area contributed by atoms with Gasteiger partial charge in [0.25, 0.3) is 0 Å². The Hall–Kier alpha value is -2.51. The predicted octanol–water partition coefficient (Wildman–Crippen LogP) is 5.38. The maximum Gasteiger partial charge on any atom is 0.132 e. The topological polar surface area (TPSA) is 75.6 Å². The van der Waals surface area contributed by atoms with Gasteiger partial charge in [0.2, 0.25) is 0 Å². The van der Waals surface area contributed by atoms with Crippen molar-refractivity contribution in [3.05, 3.63) is 41.5 Å². The van der Waals surface area contributed by atoms with Gasteiger partial charge >= 0.3 is 0 Å². The fraction of sp³-hybridized carbons (Fsp3) is 0.500. The van der Waals surface area contributed by atoms with E-state index < -0.39 is 0 Å². The number of aliphatic hydroxyl groups excluding tert-OH is 1. The summed E-state index contributed by atoms with van der Waals surface area (Å²) in [6, 6.07) is 9.87. The van der Waals surface area contributed by atoms with E-state index in [1.165, 1.54) is 6.42 Å². The Morgan fingerprint density at radius 1 is 1.18 bits per heavy atom. The van der Waals surface area contributed by atoms with Crippen LogP contribution in [0, 0.1) is 11.8 Å². The number of aliphatic hydroxyl groups is 1. The average molecular weight is 466 g/mol. The van der Waals surface area contributed by atoms with Crippen LogP contribution in [0.3, 0.4) is 0 Å². The van der Waals surface area contributed by atoms with Crippen molar-refractivity contribution in [2.24, 2.45) is 11.8 Å². The molecule has 0 amide bonds. The lowest BCUT2D eigenvalue weighted by Gasteiger charge is -2.26. The second kappa shape index (κ2) is 9.77. The normalized spacial score (nSPS) is 23.2. The first-order valence-electron chi connectivity index (χ1n) is 12.0. The van der Waals surface area contributed by atoms with Crippen LogP contribution in [-0.2, 0) is 11.2 Å². The van der Waals surface area contributed by atoms with Crippen molar-refractivity contribution in [3.63, 3.8) is 0 Å². The molecular formula is C26H31N3O3S. The monoisotopic (exact) mass is 465 g/mol. The Bertz CT molecular complexity index is 1130. The molecule has 33 heavy (non-hydrogen) atoms. The van der Waals surface area contributed by atoms with Gasteiger partial charge in [-0.05, 0) is 56.2 Å². The highest BCUT2D eigenvalue weighted by Crippen LogP contribution is 2.34. The van der Waals surface area contributed by atoms with Crippen LogP contribution >= 0.6 is 11.3 Å². The van der Waals surface area contributed by atoms with E-state index in [-0.39, 0.29) is 11.9 Å². The third-order valence-corrected chi connectivity index (χ3v) is 7.89. The second-order valence-electron chi connectivity index (χ2n) is 9.51. The van der Waals surface area contributed by atoms with Crippen LogP contribution in [0.15, 0.2) is 36.5 Å². The zero-order chi connectivity index (χ0) is 22.8. The predicted molar refractivity (Wildman–Crippen MR) is 131 cm³/mol. The number of hydrogen-bond acceptors (Lipinski definition) is 7. The lowest BCUT2D eigenvalue weighted by Crippen LogP contribution is -2.26. The molecule has 2 fully saturated rings. The number of carbonyl (C=O) groups is 1. The Morgan fingerprint density at radius 3 is 2.88 bits per heavy atom. The molecule has 1 aliphatic carbocycles. The number of hydrogen-bond donors (Lipinski definition) is 1. The number of thiazole rings is 1. The Morgan fingerprint density at radius 2 is 2.03 bits per heavy atom. The smallest absolute Gasteiger partial charge is 0.132 e. The van der Waals surface area contributed by atoms with E-state index in [0.717, 1.165) is 77.7 Å². The third kappa shape index (κ3) is 5.36. The Labute approximate surface area is 198 Å². The van der Waals surface area contributed by atoms with Crippen molar-refractivity contribution >= 4 is 33.2 Å². The van der Waals surface area contributed by atoms with E-state index in [0.29, 0.717) is 18.3 Å². The van der Waals surface area contributed by atoms with E-state index in [4.69, 9.17) is 9.72 Å². The van der Waals surface area contributed by atoms with E-state index in [1.807, 2.05) is 30.3 Å². The molecule has 0 radical (unpaired) electrons. The fourth-order valence-electron chi connectivity index (χ4n) is 5.14. The SMILES string of the molecule is CC(=O)C[C@H]1CCN(c2cc(Oc3ccc4nc(C[C@@H]5CCCC[C@H]5O)sc4c3)ccn2)C1. The summed E-state index contributed by atoms with van der Waals surface area (Å²) in [5, 5.41) is 11.4. The second-order valence-corrected chi connectivity index (χ2v) is 10.6. The van der Waals surface area contributed by atoms with Gasteiger partial charge in [-0.1, -0.05) is 12.8 Å². The minimum Gasteiger partial charge on any atom is -0.457 e. The molecule has 3 aromatic rings. The van der Waals surface area contributed by atoms with Gasteiger partial charge in [0, 0.05) is 44.3 Å². The van der Waals surface area contributed by atoms with Crippen molar-refractivity contribution in [2.45, 2.75) is 58.0 Å². The number of nitrogens with zero attached hydrogens (tertiary/aromatic N) is 3. The first-order valence-corrected chi connectivity index (χ1v) is 12.8. The summed E-state index contributed by atoms with van der Waals surface area (Å²) in [5.41, 5.74) is 0.983. The number of aromatic nitrogens is 2. The highest BCUT2D eigenvalue weighted by atomic mass is 32.1. The molecule has 1 aromatic carbocycles. The van der Waals surface area contributed by atoms with Gasteiger partial charge in [0.05, 0.1) is 21.3 Å². The molecule has 1 N–H and O–H groups in total. The van der Waals surface area contributed by atoms with Crippen LogP contribution in [0.2, 0.25) is 0 Å². The molecule has 2 aromatic heterocycles. The standard InChI is InChI=1S/C26H31N3O3S/c1-17(30)12-18-9-11-29(16-18)25-15-21(8-10-27-25)32-20-6-7-22-24(14-20)33-26(28-22)13-19-4-2-3-5-23(19)31/h6-8,10,14-15,18-19,23,31H,2-5,9,11-13,16H2,1H3/t18-,19+,23-/m1/s1. The van der Waals surface area contributed by atoms with E-state index in [9.17, 15) is 9.90 Å². The fourth-order valence-corrected chi connectivity index (χ4v) is 6.23. The zero-order valence-electron chi connectivity index (χ0n) is 19.1. The maximum absolute atomic E-state index is 11.4. The molecule has 5 rings (SSSR count). The minimum absolute atomic E-state index is 0.195. The summed E-state index contributed by atoms with van der Waals surface area (Å²) >= 11 is 1.70. The van der Waals surface area contributed by atoms with Crippen LogP contribution in [0.5, 0.6) is 11.5 Å². The molecule has 2 aliphatic rings. The number of ether oxygens (including phenoxy) is 1. The first-order chi connectivity index (χ1) is 16.0. The quantitative estimate of drug-likeness (QED) is 0.505. The number of benzene rings is 1. The largest absolute Gasteiger partial charge is 0.457 e. The maximum atomic E-state index is 11.4. The van der Waals surface area contributed by atoms with Crippen LogP contribution in [-0.4, -0.2) is 40.1 Å². The highest BCUT2D eigenvalue weighted by Gasteiger charge is 2.25. The van der Waals surface area contributed by atoms with Gasteiger partial charge in [-0.3, -0.25) is 0 Å². The Balaban J connectivity index is 1.26. The summed E-state index contributed by atoms with van der Waals surface area (Å²) in [7, 11) is 0. The van der Waals surface area contributed by atoms with Crippen LogP contribution in [0.4, 0.5) is 5.82 Å². The lowest BCUT2D eigenvalue weighted by molar-refractivity contribution is -0.117. The molecule has 0 unspecified atom stereocenters. The number of pyridine rings is 1. The van der Waals surface area contributed by atoms with Gasteiger partial charge in [-0.15, -0.1) is 11.3 Å². The number of rotatable bonds is 7. The van der Waals surface area contributed by atoms with E-state index in [1.54, 1.807) is 24.5 Å². The molecule has 1 aliphatic heterocycles. The van der Waals surface area contributed by atoms with E-state index in [2.05, 4.69) is 9.88 Å². The molecule has 3 heterocycles. The summed E-state index contributed by atoms with van der Waals surface area (Å²) in [6.07, 6.45) is 8.43. The van der Waals surface area contributed by atoms with Gasteiger partial charge in [0.1, 0.15) is 23.1 Å². The van der Waals surface area contributed by atoms with Gasteiger partial charge in [-0.2, -0.15) is 0 Å². The van der Waals surface area contributed by atoms with Crippen LogP contribution in [0.1, 0.15) is 50.5 Å². The minimum atomic E-state index is -0.195. The van der Waals surface area contributed by atoms with Crippen molar-refractivity contribution in [2.75, 3.05) is 18.0 Å². The highest BCUT2D eigenvalue weighted by molar-refractivity contribution is 7.18. The lowest BCUT2D eigenvalue weighted by atomic mass is 9.84. The van der Waals surface area contributed by atoms with E-state index >= 15 is 0 Å². The van der Waals surface area contributed by atoms with Gasteiger partial charge in [0.15, 0.2) is 0 Å². The number of Topliss-reactive ketones (excluding diaryl/α,β-unsaturated/α-hetero) is 1. The summed E-state index contributed by atoms with van der Waals surface area (Å²) in [5.74, 6) is 3.42. The molecule has 1 saturated heterocycles. The third-order valence-electron chi connectivity index (χ3n) is 6.85. The average Bonchev–Trinajstić information content (AvgIpc) is 3.41. The first kappa shape index (κ1) is 22.3. The van der Waals surface area contributed by atoms with Crippen molar-refractivity contribution in [1.82, 2.24) is 9.97 Å². The number of carbonyl (C=O) groups excluding carboxylic acids is 1. The Kier molecular flexibility index (Phi) is 6.60. The van der Waals surface area contributed by atoms with Crippen LogP contribution < -0.4 is 9.64 Å². The zero-order valence-corrected chi connectivity index (χ0v) is 19.9. The summed E-state index contributed by atoms with van der Waals surface area (Å²) in [4.78, 5) is 23.0. The molecule has 3 atom stereocenters. The van der Waals surface area contributed by atoms with Crippen molar-refractivity contribution in [3.8, 4) is 11.5 Å². The summed E-state index contributed by atoms with van der Waals surface area (Å²) in [6.45, 7) is 3.44. The number of fused-ring (bicyclic) bond motifs is 1. The summed E-state index contributed by atoms with van der Waals surface area (Å²) < 4.78 is 7.28. The number of anilines is 1. The molecule has 0 bridgehead atoms. The molecule has 7 heteroatoms. The molecule has 1 saturated carbocycles. The molecule has 6 nitrogen and oxygen atoms in total. The van der Waals surface area contributed by atoms with Crippen molar-refractivity contribution < 1.29 is 14.6 Å². The molecular weight excluding hydrogens is 434 g/mol. The van der Waals surface area contributed by atoms with Gasteiger partial charge < -0.3 is 19.5 Å². The van der Waals surface area contributed by atoms with Gasteiger partial charge in [-0.25, -0.2) is 9.97 Å². The molecule has 174 valence electrons. The van der Waals surface area contributed by atoms with Crippen LogP contribution in [0.25, 0.3) is 10.2 Å². The molecule has 0 spiro atoms. The number of ketones is 1.